The Morgan fingerprint density at radius 1 is 0.534 bits per heavy atom. The van der Waals surface area contributed by atoms with E-state index in [9.17, 15) is 44.6 Å². The summed E-state index contributed by atoms with van der Waals surface area (Å²) in [6.45, 7) is 3.16. The monoisotopic (exact) mass is 842 g/mol. The summed E-state index contributed by atoms with van der Waals surface area (Å²) in [6.07, 6.45) is 27.1. The molecule has 0 aromatic rings. The van der Waals surface area contributed by atoms with Crippen LogP contribution in [0.3, 0.4) is 0 Å². The topological polar surface area (TPSA) is 210 Å². The lowest BCUT2D eigenvalue weighted by molar-refractivity contribution is -0.220. The molecule has 1 aliphatic rings. The third kappa shape index (κ3) is 26.6. The molecular formula is C44H75O13P. The van der Waals surface area contributed by atoms with Gasteiger partial charge in [0, 0.05) is 12.8 Å². The van der Waals surface area contributed by atoms with Crippen molar-refractivity contribution in [1.29, 1.82) is 0 Å². The fraction of sp³-hybridized carbons (Fsp3) is 0.727. The summed E-state index contributed by atoms with van der Waals surface area (Å²) in [6, 6.07) is 0. The number of hydrogen-bond acceptors (Lipinski definition) is 12. The molecule has 0 aromatic carbocycles. The highest BCUT2D eigenvalue weighted by Gasteiger charge is 2.51. The van der Waals surface area contributed by atoms with Crippen molar-refractivity contribution in [3.8, 4) is 0 Å². The van der Waals surface area contributed by atoms with Crippen LogP contribution in [0, 0.1) is 0 Å². The maximum atomic E-state index is 12.8. The number of carbonyl (C=O) groups is 2. The van der Waals surface area contributed by atoms with Crippen molar-refractivity contribution in [3.05, 3.63) is 60.8 Å². The Morgan fingerprint density at radius 2 is 0.948 bits per heavy atom. The number of hydrogen-bond donors (Lipinski definition) is 6. The SMILES string of the molecule is CCCC/C=C/C/C=C/CCCCCCCC(=O)O[C@@H](COC(=O)CCCC/C=C/C/C=C/C/C=C/CCCCC)COP(=O)(O)OC1C(O)C(O)C(O)[C@H](O)C1O. The average Bonchev–Trinajstić information content (AvgIpc) is 3.20. The number of rotatable bonds is 34. The van der Waals surface area contributed by atoms with Gasteiger partial charge in [-0.05, 0) is 77.0 Å². The molecule has 1 aliphatic carbocycles. The second kappa shape index (κ2) is 34.3. The van der Waals surface area contributed by atoms with Crippen LogP contribution in [0.25, 0.3) is 0 Å². The summed E-state index contributed by atoms with van der Waals surface area (Å²) in [5.41, 5.74) is 0. The number of aliphatic hydroxyl groups excluding tert-OH is 5. The fourth-order valence-corrected chi connectivity index (χ4v) is 6.99. The smallest absolute Gasteiger partial charge is 0.462 e. The Balaban J connectivity index is 2.54. The van der Waals surface area contributed by atoms with Gasteiger partial charge in [0.25, 0.3) is 0 Å². The molecule has 1 saturated carbocycles. The minimum absolute atomic E-state index is 0.0695. The van der Waals surface area contributed by atoms with Gasteiger partial charge >= 0.3 is 19.8 Å². The molecule has 6 unspecified atom stereocenters. The first-order chi connectivity index (χ1) is 27.9. The summed E-state index contributed by atoms with van der Waals surface area (Å²) in [5, 5.41) is 50.0. The summed E-state index contributed by atoms with van der Waals surface area (Å²) < 4.78 is 33.4. The molecule has 8 atom stereocenters. The van der Waals surface area contributed by atoms with E-state index in [0.717, 1.165) is 77.0 Å². The predicted octanol–water partition coefficient (Wildman–Crippen LogP) is 7.77. The molecule has 0 bridgehead atoms. The summed E-state index contributed by atoms with van der Waals surface area (Å²) in [5.74, 6) is -1.17. The van der Waals surface area contributed by atoms with E-state index in [1.54, 1.807) is 0 Å². The van der Waals surface area contributed by atoms with Gasteiger partial charge in [-0.3, -0.25) is 18.6 Å². The van der Waals surface area contributed by atoms with Crippen LogP contribution in [0.1, 0.15) is 149 Å². The number of phosphoric acid groups is 1. The first kappa shape index (κ1) is 53.6. The van der Waals surface area contributed by atoms with Crippen molar-refractivity contribution in [2.45, 2.75) is 191 Å². The molecule has 58 heavy (non-hydrogen) atoms. The average molecular weight is 843 g/mol. The van der Waals surface area contributed by atoms with Gasteiger partial charge in [0.2, 0.25) is 0 Å². The molecule has 13 nitrogen and oxygen atoms in total. The van der Waals surface area contributed by atoms with Crippen LogP contribution in [0.4, 0.5) is 0 Å². The molecule has 0 radical (unpaired) electrons. The maximum Gasteiger partial charge on any atom is 0.472 e. The van der Waals surface area contributed by atoms with E-state index in [0.29, 0.717) is 12.8 Å². The summed E-state index contributed by atoms with van der Waals surface area (Å²) in [4.78, 5) is 35.6. The minimum Gasteiger partial charge on any atom is -0.462 e. The molecule has 14 heteroatoms. The lowest BCUT2D eigenvalue weighted by atomic mass is 9.85. The number of phosphoric ester groups is 1. The predicted molar refractivity (Wildman–Crippen MR) is 226 cm³/mol. The number of unbranched alkanes of at least 4 members (excludes halogenated alkanes) is 12. The van der Waals surface area contributed by atoms with E-state index >= 15 is 0 Å². The molecule has 0 heterocycles. The van der Waals surface area contributed by atoms with E-state index in [1.807, 2.05) is 0 Å². The van der Waals surface area contributed by atoms with Crippen molar-refractivity contribution in [2.24, 2.45) is 0 Å². The van der Waals surface area contributed by atoms with E-state index in [-0.39, 0.29) is 12.8 Å². The van der Waals surface area contributed by atoms with Crippen LogP contribution in [-0.4, -0.2) is 98.3 Å². The molecule has 0 amide bonds. The number of carbonyl (C=O) groups excluding carboxylic acids is 2. The normalized spacial score (nSPS) is 23.1. The quantitative estimate of drug-likeness (QED) is 0.0159. The van der Waals surface area contributed by atoms with Gasteiger partial charge in [0.05, 0.1) is 6.61 Å². The lowest BCUT2D eigenvalue weighted by Gasteiger charge is -2.41. The van der Waals surface area contributed by atoms with E-state index < -0.39 is 75.7 Å². The van der Waals surface area contributed by atoms with Crippen molar-refractivity contribution < 1.29 is 63.1 Å². The van der Waals surface area contributed by atoms with Crippen LogP contribution in [0.5, 0.6) is 0 Å². The zero-order valence-electron chi connectivity index (χ0n) is 35.1. The second-order valence-corrected chi connectivity index (χ2v) is 16.2. The van der Waals surface area contributed by atoms with E-state index in [1.165, 1.54) is 32.1 Å². The first-order valence-electron chi connectivity index (χ1n) is 21.6. The molecule has 1 rings (SSSR count). The second-order valence-electron chi connectivity index (χ2n) is 14.8. The van der Waals surface area contributed by atoms with Gasteiger partial charge in [0.15, 0.2) is 6.10 Å². The number of aliphatic hydroxyl groups is 5. The van der Waals surface area contributed by atoms with Crippen LogP contribution in [0.2, 0.25) is 0 Å². The van der Waals surface area contributed by atoms with Crippen LogP contribution in [-0.2, 0) is 32.7 Å². The zero-order valence-corrected chi connectivity index (χ0v) is 36.0. The van der Waals surface area contributed by atoms with Crippen LogP contribution in [0.15, 0.2) is 60.8 Å². The maximum absolute atomic E-state index is 12.8. The highest BCUT2D eigenvalue weighted by molar-refractivity contribution is 7.47. The lowest BCUT2D eigenvalue weighted by Crippen LogP contribution is -2.64. The standard InChI is InChI=1S/C44H75O13P/c1-3-5-7-9-11-13-15-17-19-21-22-24-26-28-30-32-37(45)54-34-36(35-55-58(52,53)57-44-42(50)40(48)39(47)41(49)43(44)51)56-38(46)33-31-29-27-25-23-20-18-16-14-12-10-8-6-4-2/h10-13,16-19,22,24,36,39-44,47-51H,3-9,14-15,20-21,23,25-35H2,1-2H3,(H,52,53)/b12-10+,13-11+,18-16+,19-17+,24-22+/t36-,39?,40-,41?,42?,43?,44?/m0/s1. The van der Waals surface area contributed by atoms with Crippen molar-refractivity contribution in [2.75, 3.05) is 13.2 Å². The first-order valence-corrected chi connectivity index (χ1v) is 23.1. The van der Waals surface area contributed by atoms with Crippen molar-refractivity contribution in [1.82, 2.24) is 0 Å². The minimum atomic E-state index is -5.13. The summed E-state index contributed by atoms with van der Waals surface area (Å²) >= 11 is 0. The Labute approximate surface area is 347 Å². The van der Waals surface area contributed by atoms with E-state index in [2.05, 4.69) is 74.6 Å². The van der Waals surface area contributed by atoms with E-state index in [4.69, 9.17) is 18.5 Å². The Kier molecular flexibility index (Phi) is 31.7. The van der Waals surface area contributed by atoms with Crippen LogP contribution >= 0.6 is 7.82 Å². The van der Waals surface area contributed by atoms with Gasteiger partial charge < -0.3 is 39.9 Å². The van der Waals surface area contributed by atoms with Crippen molar-refractivity contribution in [3.63, 3.8) is 0 Å². The Morgan fingerprint density at radius 3 is 1.50 bits per heavy atom. The fourth-order valence-electron chi connectivity index (χ4n) is 6.01. The van der Waals surface area contributed by atoms with Gasteiger partial charge in [-0.25, -0.2) is 4.57 Å². The molecule has 6 N–H and O–H groups in total. The van der Waals surface area contributed by atoms with Crippen LogP contribution < -0.4 is 0 Å². The van der Waals surface area contributed by atoms with Gasteiger partial charge in [-0.2, -0.15) is 0 Å². The van der Waals surface area contributed by atoms with Gasteiger partial charge in [0.1, 0.15) is 43.2 Å². The summed E-state index contributed by atoms with van der Waals surface area (Å²) in [7, 11) is -5.13. The molecule has 1 fully saturated rings. The Hall–Kier alpha value is -2.45. The number of allylic oxidation sites excluding steroid dienone is 10. The highest BCUT2D eigenvalue weighted by atomic mass is 31.2. The zero-order chi connectivity index (χ0) is 42.9. The number of esters is 2. The molecular weight excluding hydrogens is 767 g/mol. The molecule has 0 spiro atoms. The van der Waals surface area contributed by atoms with Gasteiger partial charge in [-0.1, -0.05) is 120 Å². The van der Waals surface area contributed by atoms with Crippen molar-refractivity contribution >= 4 is 19.8 Å². The Bertz CT molecular complexity index is 1250. The third-order valence-corrected chi connectivity index (χ3v) is 10.6. The third-order valence-electron chi connectivity index (χ3n) is 9.58. The molecule has 0 aromatic heterocycles. The molecule has 0 saturated heterocycles. The largest absolute Gasteiger partial charge is 0.472 e. The molecule has 334 valence electrons. The van der Waals surface area contributed by atoms with Gasteiger partial charge in [-0.15, -0.1) is 0 Å². The molecule has 0 aliphatic heterocycles. The highest BCUT2D eigenvalue weighted by Crippen LogP contribution is 2.47. The number of ether oxygens (including phenoxy) is 2.